The first-order valence-corrected chi connectivity index (χ1v) is 5.63. The Morgan fingerprint density at radius 2 is 1.45 bits per heavy atom. The molecular weight excluding hydrogens is 285 g/mol. The normalized spacial score (nSPS) is 12.4. The van der Waals surface area contributed by atoms with Gasteiger partial charge in [0.05, 0.1) is 6.10 Å². The highest BCUT2D eigenvalue weighted by atomic mass is 19.2. The number of aliphatic hydroxyl groups is 1. The van der Waals surface area contributed by atoms with Crippen LogP contribution >= 0.6 is 0 Å². The fraction of sp³-hybridized carbons (Fsp3) is 0.417. The van der Waals surface area contributed by atoms with Crippen molar-refractivity contribution in [1.29, 1.82) is 0 Å². The summed E-state index contributed by atoms with van der Waals surface area (Å²) in [6, 6.07) is 0. The van der Waals surface area contributed by atoms with Gasteiger partial charge in [-0.05, 0) is 13.3 Å². The van der Waals surface area contributed by atoms with Crippen molar-refractivity contribution in [2.75, 3.05) is 13.6 Å². The standard InChI is InChI=1S/C12H12F5NO2/c1-5(19)3-4-18(2)12(20)6-7(13)9(15)11(17)10(16)8(6)14/h5,19H,3-4H2,1-2H3. The molecule has 0 aliphatic rings. The van der Waals surface area contributed by atoms with Crippen LogP contribution in [0.2, 0.25) is 0 Å². The number of rotatable bonds is 4. The summed E-state index contributed by atoms with van der Waals surface area (Å²) < 4.78 is 65.6. The van der Waals surface area contributed by atoms with Gasteiger partial charge in [-0.25, -0.2) is 22.0 Å². The summed E-state index contributed by atoms with van der Waals surface area (Å²) in [5, 5.41) is 9.03. The number of benzene rings is 1. The number of carbonyl (C=O) groups excluding carboxylic acids is 1. The van der Waals surface area contributed by atoms with Crippen LogP contribution in [0.3, 0.4) is 0 Å². The van der Waals surface area contributed by atoms with Crippen molar-refractivity contribution in [3.8, 4) is 0 Å². The number of carbonyl (C=O) groups is 1. The molecule has 1 N–H and O–H groups in total. The molecule has 3 nitrogen and oxygen atoms in total. The molecule has 0 radical (unpaired) electrons. The maximum absolute atomic E-state index is 13.4. The Morgan fingerprint density at radius 1 is 1.05 bits per heavy atom. The van der Waals surface area contributed by atoms with E-state index in [0.29, 0.717) is 0 Å². The summed E-state index contributed by atoms with van der Waals surface area (Å²) >= 11 is 0. The van der Waals surface area contributed by atoms with Gasteiger partial charge in [0.15, 0.2) is 23.3 Å². The molecule has 0 saturated heterocycles. The predicted octanol–water partition coefficient (Wildman–Crippen LogP) is 2.23. The molecule has 1 atom stereocenters. The van der Waals surface area contributed by atoms with Crippen LogP contribution < -0.4 is 0 Å². The molecule has 1 amide bonds. The van der Waals surface area contributed by atoms with Crippen molar-refractivity contribution >= 4 is 5.91 Å². The molecule has 8 heteroatoms. The molecule has 1 aromatic carbocycles. The average molecular weight is 297 g/mol. The zero-order valence-electron chi connectivity index (χ0n) is 10.7. The second-order valence-electron chi connectivity index (χ2n) is 4.31. The van der Waals surface area contributed by atoms with Crippen LogP contribution in [-0.4, -0.2) is 35.6 Å². The fourth-order valence-corrected chi connectivity index (χ4v) is 1.47. The van der Waals surface area contributed by atoms with Gasteiger partial charge in [0.25, 0.3) is 5.91 Å². The SMILES string of the molecule is CC(O)CCN(C)C(=O)c1c(F)c(F)c(F)c(F)c1F. The topological polar surface area (TPSA) is 40.5 Å². The van der Waals surface area contributed by atoms with E-state index in [1.165, 1.54) is 6.92 Å². The van der Waals surface area contributed by atoms with Gasteiger partial charge in [-0.3, -0.25) is 4.79 Å². The maximum Gasteiger partial charge on any atom is 0.259 e. The molecule has 20 heavy (non-hydrogen) atoms. The van der Waals surface area contributed by atoms with Crippen molar-refractivity contribution < 1.29 is 31.9 Å². The van der Waals surface area contributed by atoms with E-state index in [1.807, 2.05) is 0 Å². The molecule has 0 fully saturated rings. The number of nitrogens with zero attached hydrogens (tertiary/aromatic N) is 1. The first kappa shape index (κ1) is 16.4. The third-order valence-corrected chi connectivity index (χ3v) is 2.65. The number of hydrogen-bond acceptors (Lipinski definition) is 2. The van der Waals surface area contributed by atoms with Crippen LogP contribution in [-0.2, 0) is 0 Å². The van der Waals surface area contributed by atoms with Crippen molar-refractivity contribution in [1.82, 2.24) is 4.90 Å². The van der Waals surface area contributed by atoms with Gasteiger partial charge in [-0.1, -0.05) is 0 Å². The summed E-state index contributed by atoms with van der Waals surface area (Å²) in [4.78, 5) is 12.5. The summed E-state index contributed by atoms with van der Waals surface area (Å²) in [6.45, 7) is 1.33. The lowest BCUT2D eigenvalue weighted by Gasteiger charge is -2.19. The van der Waals surface area contributed by atoms with E-state index in [9.17, 15) is 26.7 Å². The zero-order valence-corrected chi connectivity index (χ0v) is 10.7. The lowest BCUT2D eigenvalue weighted by atomic mass is 10.1. The monoisotopic (exact) mass is 297 g/mol. The summed E-state index contributed by atoms with van der Waals surface area (Å²) in [6.07, 6.45) is -0.681. The Bertz CT molecular complexity index is 504. The summed E-state index contributed by atoms with van der Waals surface area (Å²) in [7, 11) is 1.13. The number of aliphatic hydroxyl groups excluding tert-OH is 1. The second-order valence-corrected chi connectivity index (χ2v) is 4.31. The molecule has 0 aliphatic carbocycles. The highest BCUT2D eigenvalue weighted by molar-refractivity contribution is 5.94. The van der Waals surface area contributed by atoms with Crippen LogP contribution in [0.5, 0.6) is 0 Å². The van der Waals surface area contributed by atoms with E-state index in [1.54, 1.807) is 0 Å². The van der Waals surface area contributed by atoms with Crippen LogP contribution in [0, 0.1) is 29.1 Å². The zero-order chi connectivity index (χ0) is 15.6. The molecule has 1 aromatic rings. The lowest BCUT2D eigenvalue weighted by Crippen LogP contribution is -2.31. The first-order chi connectivity index (χ1) is 9.18. The quantitative estimate of drug-likeness (QED) is 0.526. The Kier molecular flexibility index (Phi) is 5.04. The van der Waals surface area contributed by atoms with E-state index in [2.05, 4.69) is 0 Å². The molecular formula is C12H12F5NO2. The third kappa shape index (κ3) is 3.06. The minimum atomic E-state index is -2.32. The van der Waals surface area contributed by atoms with Gasteiger partial charge >= 0.3 is 0 Å². The van der Waals surface area contributed by atoms with E-state index in [4.69, 9.17) is 5.11 Å². The van der Waals surface area contributed by atoms with Crippen LogP contribution in [0.25, 0.3) is 0 Å². The smallest absolute Gasteiger partial charge is 0.259 e. The van der Waals surface area contributed by atoms with E-state index >= 15 is 0 Å². The minimum Gasteiger partial charge on any atom is -0.393 e. The predicted molar refractivity (Wildman–Crippen MR) is 59.5 cm³/mol. The van der Waals surface area contributed by atoms with Crippen molar-refractivity contribution in [3.05, 3.63) is 34.6 Å². The fourth-order valence-electron chi connectivity index (χ4n) is 1.47. The molecule has 112 valence electrons. The molecule has 0 bridgehead atoms. The van der Waals surface area contributed by atoms with Crippen LogP contribution in [0.15, 0.2) is 0 Å². The van der Waals surface area contributed by atoms with Crippen molar-refractivity contribution in [3.63, 3.8) is 0 Å². The Hall–Kier alpha value is -1.70. The van der Waals surface area contributed by atoms with E-state index in [0.717, 1.165) is 11.9 Å². The molecule has 0 spiro atoms. The highest BCUT2D eigenvalue weighted by Gasteiger charge is 2.31. The first-order valence-electron chi connectivity index (χ1n) is 5.63. The molecule has 0 heterocycles. The maximum atomic E-state index is 13.4. The summed E-state index contributed by atoms with van der Waals surface area (Å²) in [5.74, 6) is -12.3. The lowest BCUT2D eigenvalue weighted by molar-refractivity contribution is 0.0756. The van der Waals surface area contributed by atoms with Crippen molar-refractivity contribution in [2.24, 2.45) is 0 Å². The number of halogens is 5. The van der Waals surface area contributed by atoms with Gasteiger partial charge in [-0.2, -0.15) is 0 Å². The molecule has 0 aromatic heterocycles. The van der Waals surface area contributed by atoms with E-state index < -0.39 is 46.7 Å². The van der Waals surface area contributed by atoms with E-state index in [-0.39, 0.29) is 13.0 Å². The van der Waals surface area contributed by atoms with Crippen LogP contribution in [0.1, 0.15) is 23.7 Å². The Labute approximate surface area is 111 Å². The summed E-state index contributed by atoms with van der Waals surface area (Å²) in [5.41, 5.74) is -1.51. The highest BCUT2D eigenvalue weighted by Crippen LogP contribution is 2.24. The second kappa shape index (κ2) is 6.17. The Morgan fingerprint density at radius 3 is 1.85 bits per heavy atom. The largest absolute Gasteiger partial charge is 0.393 e. The molecule has 0 saturated carbocycles. The molecule has 1 unspecified atom stereocenters. The van der Waals surface area contributed by atoms with Crippen LogP contribution in [0.4, 0.5) is 22.0 Å². The number of hydrogen-bond donors (Lipinski definition) is 1. The Balaban J connectivity index is 3.17. The van der Waals surface area contributed by atoms with Gasteiger partial charge in [0, 0.05) is 13.6 Å². The van der Waals surface area contributed by atoms with Crippen molar-refractivity contribution in [2.45, 2.75) is 19.4 Å². The minimum absolute atomic E-state index is 0.0949. The van der Waals surface area contributed by atoms with Gasteiger partial charge in [0.1, 0.15) is 5.56 Å². The molecule has 0 aliphatic heterocycles. The van der Waals surface area contributed by atoms with Gasteiger partial charge in [0.2, 0.25) is 5.82 Å². The number of amides is 1. The van der Waals surface area contributed by atoms with Gasteiger partial charge < -0.3 is 10.0 Å². The molecule has 1 rings (SSSR count). The third-order valence-electron chi connectivity index (χ3n) is 2.65. The van der Waals surface area contributed by atoms with Gasteiger partial charge in [-0.15, -0.1) is 0 Å². The average Bonchev–Trinajstić information content (AvgIpc) is 2.40.